The molecule has 0 spiro atoms. The van der Waals surface area contributed by atoms with Gasteiger partial charge in [0.15, 0.2) is 0 Å². The summed E-state index contributed by atoms with van der Waals surface area (Å²) in [5.41, 5.74) is 0.788. The normalized spacial score (nSPS) is 10.1. The van der Waals surface area contributed by atoms with E-state index in [4.69, 9.17) is 5.11 Å². The number of hydrogen-bond donors (Lipinski definition) is 1. The fourth-order valence-corrected chi connectivity index (χ4v) is 1.73. The Labute approximate surface area is 86.1 Å². The third kappa shape index (κ3) is 2.71. The Balaban J connectivity index is 2.89. The van der Waals surface area contributed by atoms with Crippen LogP contribution in [0.3, 0.4) is 0 Å². The number of nitro groups is 1. The molecule has 0 aliphatic carbocycles. The average molecular weight is 213 g/mol. The highest BCUT2D eigenvalue weighted by atomic mass is 32.2. The Morgan fingerprint density at radius 3 is 2.86 bits per heavy atom. The van der Waals surface area contributed by atoms with Gasteiger partial charge in [-0.15, -0.1) is 11.8 Å². The van der Waals surface area contributed by atoms with Gasteiger partial charge in [0.2, 0.25) is 0 Å². The third-order valence-electron chi connectivity index (χ3n) is 1.74. The van der Waals surface area contributed by atoms with Crippen LogP contribution in [0.15, 0.2) is 23.1 Å². The molecule has 4 nitrogen and oxygen atoms in total. The zero-order chi connectivity index (χ0) is 10.6. The highest BCUT2D eigenvalue weighted by molar-refractivity contribution is 7.99. The smallest absolute Gasteiger partial charge is 0.273 e. The van der Waals surface area contributed by atoms with Crippen LogP contribution in [0.4, 0.5) is 5.69 Å². The molecule has 0 radical (unpaired) electrons. The fourth-order valence-electron chi connectivity index (χ4n) is 1.04. The molecule has 14 heavy (non-hydrogen) atoms. The molecule has 0 aliphatic heterocycles. The summed E-state index contributed by atoms with van der Waals surface area (Å²) in [7, 11) is 0. The summed E-state index contributed by atoms with van der Waals surface area (Å²) in [6.07, 6.45) is 0. The first-order valence-electron chi connectivity index (χ1n) is 4.14. The van der Waals surface area contributed by atoms with Crippen molar-refractivity contribution in [3.63, 3.8) is 0 Å². The summed E-state index contributed by atoms with van der Waals surface area (Å²) in [6, 6.07) is 5.08. The van der Waals surface area contributed by atoms with E-state index in [0.29, 0.717) is 11.3 Å². The monoisotopic (exact) mass is 213 g/mol. The van der Waals surface area contributed by atoms with Gasteiger partial charge in [-0.3, -0.25) is 10.1 Å². The predicted molar refractivity (Wildman–Crippen MR) is 55.6 cm³/mol. The Kier molecular flexibility index (Phi) is 3.91. The number of aryl methyl sites for hydroxylation is 1. The van der Waals surface area contributed by atoms with Crippen LogP contribution in [0.25, 0.3) is 0 Å². The van der Waals surface area contributed by atoms with E-state index < -0.39 is 4.92 Å². The molecule has 0 aromatic heterocycles. The number of nitro benzene ring substituents is 1. The van der Waals surface area contributed by atoms with Crippen molar-refractivity contribution in [2.45, 2.75) is 11.8 Å². The van der Waals surface area contributed by atoms with Crippen molar-refractivity contribution < 1.29 is 10.0 Å². The molecule has 0 amide bonds. The molecule has 5 heteroatoms. The van der Waals surface area contributed by atoms with Crippen molar-refractivity contribution in [1.29, 1.82) is 0 Å². The Bertz CT molecular complexity index is 341. The van der Waals surface area contributed by atoms with Crippen molar-refractivity contribution in [1.82, 2.24) is 0 Å². The lowest BCUT2D eigenvalue weighted by atomic mass is 10.2. The van der Waals surface area contributed by atoms with Gasteiger partial charge >= 0.3 is 0 Å². The molecule has 0 saturated heterocycles. The molecule has 0 saturated carbocycles. The van der Waals surface area contributed by atoms with Gasteiger partial charge in [-0.05, 0) is 13.0 Å². The molecule has 0 atom stereocenters. The van der Waals surface area contributed by atoms with E-state index in [1.165, 1.54) is 17.8 Å². The Hall–Kier alpha value is -1.07. The van der Waals surface area contributed by atoms with Crippen molar-refractivity contribution in [2.75, 3.05) is 12.4 Å². The predicted octanol–water partition coefficient (Wildman–Crippen LogP) is 1.99. The number of rotatable bonds is 4. The van der Waals surface area contributed by atoms with Crippen LogP contribution in [0.5, 0.6) is 0 Å². The van der Waals surface area contributed by atoms with E-state index in [1.807, 2.05) is 6.07 Å². The largest absolute Gasteiger partial charge is 0.396 e. The second kappa shape index (κ2) is 4.97. The average Bonchev–Trinajstić information content (AvgIpc) is 2.16. The molecule has 76 valence electrons. The van der Waals surface area contributed by atoms with Crippen molar-refractivity contribution in [3.8, 4) is 0 Å². The van der Waals surface area contributed by atoms with Crippen molar-refractivity contribution in [2.24, 2.45) is 0 Å². The van der Waals surface area contributed by atoms with Gasteiger partial charge in [0.25, 0.3) is 5.69 Å². The van der Waals surface area contributed by atoms with Crippen LogP contribution in [-0.2, 0) is 0 Å². The molecule has 1 rings (SSSR count). The zero-order valence-corrected chi connectivity index (χ0v) is 8.58. The SMILES string of the molecule is Cc1ccc(SCCO)cc1[N+](=O)[O-]. The van der Waals surface area contributed by atoms with Crippen molar-refractivity contribution >= 4 is 17.4 Å². The molecule has 0 bridgehead atoms. The van der Waals surface area contributed by atoms with Crippen LogP contribution in [-0.4, -0.2) is 22.4 Å². The van der Waals surface area contributed by atoms with E-state index in [0.717, 1.165) is 4.90 Å². The quantitative estimate of drug-likeness (QED) is 0.472. The van der Waals surface area contributed by atoms with Gasteiger partial charge in [0.05, 0.1) is 11.5 Å². The number of thioether (sulfide) groups is 1. The van der Waals surface area contributed by atoms with Crippen LogP contribution < -0.4 is 0 Å². The van der Waals surface area contributed by atoms with Crippen LogP contribution >= 0.6 is 11.8 Å². The number of hydrogen-bond acceptors (Lipinski definition) is 4. The zero-order valence-electron chi connectivity index (χ0n) is 7.77. The minimum absolute atomic E-state index is 0.0757. The topological polar surface area (TPSA) is 63.4 Å². The standard InChI is InChI=1S/C9H11NO3S/c1-7-2-3-8(14-5-4-11)6-9(7)10(12)13/h2-3,6,11H,4-5H2,1H3. The second-order valence-electron chi connectivity index (χ2n) is 2.78. The summed E-state index contributed by atoms with van der Waals surface area (Å²) in [6.45, 7) is 1.78. The molecular formula is C9H11NO3S. The lowest BCUT2D eigenvalue weighted by molar-refractivity contribution is -0.385. The van der Waals surface area contributed by atoms with Crippen LogP contribution in [0.2, 0.25) is 0 Å². The van der Waals surface area contributed by atoms with E-state index in [-0.39, 0.29) is 12.3 Å². The summed E-state index contributed by atoms with van der Waals surface area (Å²) >= 11 is 1.41. The minimum atomic E-state index is -0.391. The van der Waals surface area contributed by atoms with E-state index in [9.17, 15) is 10.1 Å². The van der Waals surface area contributed by atoms with Gasteiger partial charge in [0.1, 0.15) is 0 Å². The van der Waals surface area contributed by atoms with E-state index >= 15 is 0 Å². The first-order chi connectivity index (χ1) is 6.65. The second-order valence-corrected chi connectivity index (χ2v) is 3.95. The molecule has 1 aromatic rings. The van der Waals surface area contributed by atoms with E-state index in [2.05, 4.69) is 0 Å². The highest BCUT2D eigenvalue weighted by Gasteiger charge is 2.10. The number of aliphatic hydroxyl groups is 1. The number of aliphatic hydroxyl groups excluding tert-OH is 1. The van der Waals surface area contributed by atoms with Crippen molar-refractivity contribution in [3.05, 3.63) is 33.9 Å². The maximum absolute atomic E-state index is 10.6. The minimum Gasteiger partial charge on any atom is -0.396 e. The third-order valence-corrected chi connectivity index (χ3v) is 2.71. The number of nitrogens with zero attached hydrogens (tertiary/aromatic N) is 1. The lowest BCUT2D eigenvalue weighted by Gasteiger charge is -2.01. The maximum Gasteiger partial charge on any atom is 0.273 e. The molecule has 0 heterocycles. The molecule has 0 unspecified atom stereocenters. The summed E-state index contributed by atoms with van der Waals surface area (Å²) in [5, 5.41) is 19.2. The van der Waals surface area contributed by atoms with Gasteiger partial charge in [-0.25, -0.2) is 0 Å². The fraction of sp³-hybridized carbons (Fsp3) is 0.333. The van der Waals surface area contributed by atoms with Gasteiger partial charge in [-0.1, -0.05) is 6.07 Å². The number of benzene rings is 1. The molecule has 0 fully saturated rings. The summed E-state index contributed by atoms with van der Waals surface area (Å²) in [5.74, 6) is 0.556. The van der Waals surface area contributed by atoms with Gasteiger partial charge < -0.3 is 5.11 Å². The molecular weight excluding hydrogens is 202 g/mol. The Morgan fingerprint density at radius 1 is 1.57 bits per heavy atom. The highest BCUT2D eigenvalue weighted by Crippen LogP contribution is 2.25. The molecule has 1 aromatic carbocycles. The lowest BCUT2D eigenvalue weighted by Crippen LogP contribution is -1.92. The summed E-state index contributed by atoms with van der Waals surface area (Å²) < 4.78 is 0. The van der Waals surface area contributed by atoms with Crippen LogP contribution in [0, 0.1) is 17.0 Å². The Morgan fingerprint density at radius 2 is 2.29 bits per heavy atom. The first kappa shape index (κ1) is 11.0. The van der Waals surface area contributed by atoms with E-state index in [1.54, 1.807) is 13.0 Å². The molecule has 0 aliphatic rings. The first-order valence-corrected chi connectivity index (χ1v) is 5.12. The molecule has 1 N–H and O–H groups in total. The summed E-state index contributed by atoms with van der Waals surface area (Å²) in [4.78, 5) is 11.0. The van der Waals surface area contributed by atoms with Crippen LogP contribution in [0.1, 0.15) is 5.56 Å². The van der Waals surface area contributed by atoms with Gasteiger partial charge in [0, 0.05) is 22.3 Å². The van der Waals surface area contributed by atoms with Gasteiger partial charge in [-0.2, -0.15) is 0 Å². The maximum atomic E-state index is 10.6.